The van der Waals surface area contributed by atoms with Crippen molar-refractivity contribution in [2.24, 2.45) is 0 Å². The van der Waals surface area contributed by atoms with Gasteiger partial charge in [0.25, 0.3) is 0 Å². The monoisotopic (exact) mass is 203 g/mol. The highest BCUT2D eigenvalue weighted by Gasteiger charge is 2.03. The Morgan fingerprint density at radius 1 is 1.40 bits per heavy atom. The Labute approximate surface area is 85.8 Å². The second-order valence-electron chi connectivity index (χ2n) is 2.91. The number of benzene rings is 1. The first kappa shape index (κ1) is 9.39. The Hall–Kier alpha value is -2.17. The molecule has 0 spiro atoms. The standard InChI is InChI=1S/C7H6O.C3H3N3O/c1-8-7-4-5-2-3-6(5)7;7-6-3-1-2-4-5-6/h2-4H,1H3;1-3H. The van der Waals surface area contributed by atoms with Crippen molar-refractivity contribution >= 4 is 0 Å². The summed E-state index contributed by atoms with van der Waals surface area (Å²) in [5, 5.41) is 19.0. The lowest BCUT2D eigenvalue weighted by molar-refractivity contribution is -0.675. The van der Waals surface area contributed by atoms with Crippen molar-refractivity contribution in [2.75, 3.05) is 7.11 Å². The van der Waals surface area contributed by atoms with E-state index in [2.05, 4.69) is 22.4 Å². The van der Waals surface area contributed by atoms with Gasteiger partial charge in [0.15, 0.2) is 6.20 Å². The zero-order chi connectivity index (χ0) is 10.7. The molecule has 0 N–H and O–H groups in total. The van der Waals surface area contributed by atoms with Gasteiger partial charge in [0.1, 0.15) is 17.2 Å². The summed E-state index contributed by atoms with van der Waals surface area (Å²) in [4.78, 5) is 0.389. The Balaban J connectivity index is 0.000000115. The Kier molecular flexibility index (Phi) is 2.45. The van der Waals surface area contributed by atoms with E-state index >= 15 is 0 Å². The molecular formula is C10H9N3O2. The molecule has 1 heterocycles. The van der Waals surface area contributed by atoms with E-state index in [1.54, 1.807) is 7.11 Å². The minimum atomic E-state index is 0.389. The number of ether oxygens (including phenoxy) is 1. The lowest BCUT2D eigenvalue weighted by Crippen LogP contribution is -2.30. The zero-order valence-electron chi connectivity index (χ0n) is 8.12. The minimum absolute atomic E-state index is 0.389. The molecule has 5 nitrogen and oxygen atoms in total. The van der Waals surface area contributed by atoms with Gasteiger partial charge in [0.05, 0.1) is 12.2 Å². The molecule has 0 bridgehead atoms. The maximum absolute atomic E-state index is 10.0. The van der Waals surface area contributed by atoms with Crippen molar-refractivity contribution in [1.29, 1.82) is 0 Å². The average molecular weight is 203 g/mol. The van der Waals surface area contributed by atoms with Crippen LogP contribution in [0, 0.1) is 15.6 Å². The van der Waals surface area contributed by atoms with E-state index in [1.807, 2.05) is 6.07 Å². The van der Waals surface area contributed by atoms with Crippen LogP contribution in [-0.4, -0.2) is 17.4 Å². The fourth-order valence-electron chi connectivity index (χ4n) is 1.18. The van der Waals surface area contributed by atoms with Gasteiger partial charge in [0, 0.05) is 11.3 Å². The van der Waals surface area contributed by atoms with Gasteiger partial charge in [-0.2, -0.15) is 0 Å². The van der Waals surface area contributed by atoms with Gasteiger partial charge < -0.3 is 9.94 Å². The summed E-state index contributed by atoms with van der Waals surface area (Å²) in [6.45, 7) is 0. The maximum atomic E-state index is 10.0. The van der Waals surface area contributed by atoms with Gasteiger partial charge in [-0.25, -0.2) is 0 Å². The number of hydrogen-bond donors (Lipinski definition) is 0. The first-order valence-electron chi connectivity index (χ1n) is 4.37. The normalized spacial score (nSPS) is 9.93. The van der Waals surface area contributed by atoms with E-state index in [9.17, 15) is 5.21 Å². The van der Waals surface area contributed by atoms with Crippen molar-refractivity contribution in [3.8, 4) is 5.75 Å². The molecule has 76 valence electrons. The van der Waals surface area contributed by atoms with Crippen LogP contribution in [0.5, 0.6) is 5.75 Å². The van der Waals surface area contributed by atoms with Gasteiger partial charge in [-0.1, -0.05) is 12.1 Å². The van der Waals surface area contributed by atoms with Crippen LogP contribution in [0.2, 0.25) is 0 Å². The molecule has 3 rings (SSSR count). The van der Waals surface area contributed by atoms with Crippen LogP contribution in [0.3, 0.4) is 0 Å². The van der Waals surface area contributed by atoms with E-state index in [0.29, 0.717) is 4.85 Å². The van der Waals surface area contributed by atoms with Gasteiger partial charge >= 0.3 is 0 Å². The van der Waals surface area contributed by atoms with Crippen LogP contribution < -0.4 is 9.58 Å². The second-order valence-corrected chi connectivity index (χ2v) is 2.91. The van der Waals surface area contributed by atoms with E-state index in [0.717, 1.165) is 5.75 Å². The van der Waals surface area contributed by atoms with Crippen LogP contribution in [0.25, 0.3) is 0 Å². The quantitative estimate of drug-likeness (QED) is 0.424. The Bertz CT molecular complexity index is 542. The van der Waals surface area contributed by atoms with Gasteiger partial charge in [-0.3, -0.25) is 0 Å². The first-order valence-corrected chi connectivity index (χ1v) is 4.37. The molecule has 0 saturated heterocycles. The number of rotatable bonds is 1. The van der Waals surface area contributed by atoms with Crippen LogP contribution in [0.4, 0.5) is 0 Å². The summed E-state index contributed by atoms with van der Waals surface area (Å²) < 4.78 is 4.97. The predicted molar refractivity (Wildman–Crippen MR) is 51.7 cm³/mol. The molecule has 0 unspecified atom stereocenters. The number of hydrogen-bond acceptors (Lipinski definition) is 4. The molecule has 0 aliphatic heterocycles. The van der Waals surface area contributed by atoms with Gasteiger partial charge in [0.2, 0.25) is 0 Å². The van der Waals surface area contributed by atoms with E-state index in [4.69, 9.17) is 4.74 Å². The van der Waals surface area contributed by atoms with Crippen molar-refractivity contribution in [3.63, 3.8) is 0 Å². The highest BCUT2D eigenvalue weighted by Crippen LogP contribution is 2.22. The average Bonchev–Trinajstić information content (AvgIpc) is 2.24. The van der Waals surface area contributed by atoms with Crippen LogP contribution in [0.15, 0.2) is 36.7 Å². The number of aromatic nitrogens is 3. The third kappa shape index (κ3) is 1.85. The SMILES string of the molecule is COc1cc2ccc1=2.[O-][n+]1cccnn1. The summed E-state index contributed by atoms with van der Waals surface area (Å²) in [5.41, 5.74) is 0. The van der Waals surface area contributed by atoms with Crippen molar-refractivity contribution in [2.45, 2.75) is 0 Å². The van der Waals surface area contributed by atoms with Crippen molar-refractivity contribution in [3.05, 3.63) is 52.3 Å². The maximum Gasteiger partial charge on any atom is 0.171 e. The highest BCUT2D eigenvalue weighted by molar-refractivity contribution is 5.38. The second kappa shape index (κ2) is 3.91. The summed E-state index contributed by atoms with van der Waals surface area (Å²) in [6.07, 6.45) is 2.71. The van der Waals surface area contributed by atoms with Crippen LogP contribution in [-0.2, 0) is 0 Å². The molecule has 0 saturated carbocycles. The molecule has 15 heavy (non-hydrogen) atoms. The minimum Gasteiger partial charge on any atom is -0.691 e. The highest BCUT2D eigenvalue weighted by atomic mass is 16.5. The fraction of sp³-hybridized carbons (Fsp3) is 0.100. The summed E-state index contributed by atoms with van der Waals surface area (Å²) in [5.74, 6) is 1.03. The molecular weight excluding hydrogens is 194 g/mol. The number of methoxy groups -OCH3 is 1. The van der Waals surface area contributed by atoms with E-state index in [-0.39, 0.29) is 0 Å². The Morgan fingerprint density at radius 3 is 2.47 bits per heavy atom. The third-order valence-electron chi connectivity index (χ3n) is 2.02. The first-order chi connectivity index (χ1) is 7.31. The Morgan fingerprint density at radius 2 is 2.27 bits per heavy atom. The summed E-state index contributed by atoms with van der Waals surface area (Å²) in [6, 6.07) is 7.70. The molecule has 5 heteroatoms. The third-order valence-corrected chi connectivity index (χ3v) is 2.02. The predicted octanol–water partition coefficient (Wildman–Crippen LogP) is 0.406. The van der Waals surface area contributed by atoms with Gasteiger partial charge in [-0.15, -0.1) is 4.85 Å². The molecule has 1 aromatic heterocycles. The summed E-state index contributed by atoms with van der Waals surface area (Å²) in [7, 11) is 1.70. The van der Waals surface area contributed by atoms with E-state index < -0.39 is 0 Å². The molecule has 0 atom stereocenters. The topological polar surface area (TPSA) is 62.0 Å². The fourth-order valence-corrected chi connectivity index (χ4v) is 1.18. The molecule has 0 aromatic carbocycles. The van der Waals surface area contributed by atoms with Crippen LogP contribution >= 0.6 is 0 Å². The molecule has 0 fully saturated rings. The molecule has 0 radical (unpaired) electrons. The van der Waals surface area contributed by atoms with Crippen molar-refractivity contribution in [1.82, 2.24) is 10.3 Å². The summed E-state index contributed by atoms with van der Waals surface area (Å²) >= 11 is 0. The lowest BCUT2D eigenvalue weighted by atomic mass is 10.1. The largest absolute Gasteiger partial charge is 0.691 e. The van der Waals surface area contributed by atoms with Gasteiger partial charge in [-0.05, 0) is 11.3 Å². The van der Waals surface area contributed by atoms with Crippen LogP contribution in [0.1, 0.15) is 0 Å². The molecule has 2 aliphatic carbocycles. The van der Waals surface area contributed by atoms with Crippen molar-refractivity contribution < 1.29 is 9.58 Å². The number of nitrogens with zero attached hydrogens (tertiary/aromatic N) is 3. The smallest absolute Gasteiger partial charge is 0.171 e. The molecule has 0 amide bonds. The molecule has 1 aromatic rings. The lowest BCUT2D eigenvalue weighted by Gasteiger charge is -2.08. The molecule has 2 aliphatic rings. The zero-order valence-corrected chi connectivity index (χ0v) is 8.12. The van der Waals surface area contributed by atoms with E-state index in [1.165, 1.54) is 28.9 Å².